The van der Waals surface area contributed by atoms with Crippen LogP contribution in [-0.4, -0.2) is 91.9 Å². The number of thiazole rings is 1. The van der Waals surface area contributed by atoms with Crippen LogP contribution in [0.25, 0.3) is 0 Å². The summed E-state index contributed by atoms with van der Waals surface area (Å²) >= 11 is 1.09. The van der Waals surface area contributed by atoms with Crippen molar-refractivity contribution in [1.82, 2.24) is 14.6 Å². The minimum absolute atomic E-state index is 0.0367. The lowest BCUT2D eigenvalue weighted by Gasteiger charge is -2.43. The summed E-state index contributed by atoms with van der Waals surface area (Å²) in [5.74, 6) is -3.82. The number of oxime groups is 1. The number of carbonyl (C=O) groups is 4. The number of hydrogen-bond donors (Lipinski definition) is 3. The minimum atomic E-state index is -4.97. The fourth-order valence-electron chi connectivity index (χ4n) is 2.61. The average molecular weight is 509 g/mol. The Morgan fingerprint density at radius 3 is 2.64 bits per heavy atom. The van der Waals surface area contributed by atoms with Gasteiger partial charge in [-0.1, -0.05) is 5.16 Å². The van der Waals surface area contributed by atoms with E-state index in [4.69, 9.17) is 15.1 Å². The molecule has 0 saturated carbocycles. The van der Waals surface area contributed by atoms with Crippen LogP contribution in [0.4, 0.5) is 9.93 Å². The lowest BCUT2D eigenvalue weighted by Crippen LogP contribution is -2.73. The monoisotopic (exact) mass is 509 g/mol. The second-order valence-electron chi connectivity index (χ2n) is 6.15. The van der Waals surface area contributed by atoms with Gasteiger partial charge in [-0.25, -0.2) is 14.1 Å². The number of esters is 1. The second-order valence-corrected chi connectivity index (χ2v) is 8.33. The number of nitrogens with one attached hydrogen (secondary N) is 1. The molecule has 3 unspecified atom stereocenters. The van der Waals surface area contributed by atoms with Crippen LogP contribution < -0.4 is 11.1 Å². The number of hydrogen-bond acceptors (Lipinski definition) is 14. The molecular formula is C15H19N5O11S2. The molecule has 18 heteroatoms. The number of aromatic nitrogens is 1. The number of amides is 2. The molecule has 16 nitrogen and oxygen atoms in total. The first-order chi connectivity index (χ1) is 15.5. The van der Waals surface area contributed by atoms with Crippen molar-refractivity contribution < 1.29 is 51.2 Å². The molecule has 0 radical (unpaired) electrons. The second kappa shape index (κ2) is 10.9. The summed E-state index contributed by atoms with van der Waals surface area (Å²) in [6, 6.07) is -2.89. The van der Waals surface area contributed by atoms with Crippen LogP contribution >= 0.6 is 11.3 Å². The maximum Gasteiger partial charge on any atom is 0.508 e. The fraction of sp³-hybridized carbons (Fsp3) is 0.467. The van der Waals surface area contributed by atoms with E-state index < -0.39 is 58.9 Å². The summed E-state index contributed by atoms with van der Waals surface area (Å²) in [7, 11) is -2.81. The van der Waals surface area contributed by atoms with Crippen molar-refractivity contribution in [1.29, 1.82) is 0 Å². The van der Waals surface area contributed by atoms with E-state index in [0.717, 1.165) is 25.6 Å². The van der Waals surface area contributed by atoms with Crippen molar-refractivity contribution in [3.8, 4) is 0 Å². The van der Waals surface area contributed by atoms with Crippen molar-refractivity contribution in [2.75, 3.05) is 33.2 Å². The third-order valence-electron chi connectivity index (χ3n) is 4.12. The van der Waals surface area contributed by atoms with Crippen molar-refractivity contribution in [2.24, 2.45) is 5.16 Å². The molecule has 0 aliphatic carbocycles. The zero-order valence-corrected chi connectivity index (χ0v) is 18.7. The molecule has 1 aliphatic rings. The third kappa shape index (κ3) is 6.49. The zero-order chi connectivity index (χ0) is 24.8. The highest BCUT2D eigenvalue weighted by molar-refractivity contribution is 7.84. The molecule has 4 N–H and O–H groups in total. The molecule has 0 bridgehead atoms. The highest BCUT2D eigenvalue weighted by Gasteiger charge is 2.54. The molecule has 2 amide bonds. The van der Waals surface area contributed by atoms with E-state index in [1.54, 1.807) is 0 Å². The molecule has 1 aliphatic heterocycles. The van der Waals surface area contributed by atoms with Gasteiger partial charge in [-0.05, 0) is 0 Å². The summed E-state index contributed by atoms with van der Waals surface area (Å²) in [4.78, 5) is 55.9. The number of rotatable bonds is 10. The highest BCUT2D eigenvalue weighted by Crippen LogP contribution is 2.24. The molecule has 2 rings (SSSR count). The molecule has 1 aromatic rings. The quantitative estimate of drug-likeness (QED) is 0.105. The van der Waals surface area contributed by atoms with Crippen LogP contribution in [0.3, 0.4) is 0 Å². The van der Waals surface area contributed by atoms with Crippen molar-refractivity contribution in [3.05, 3.63) is 11.1 Å². The average Bonchev–Trinajstić information content (AvgIpc) is 3.18. The summed E-state index contributed by atoms with van der Waals surface area (Å²) < 4.78 is 45.3. The number of ether oxygens (including phenoxy) is 3. The Hall–Kier alpha value is -3.51. The molecule has 0 spiro atoms. The normalized spacial score (nSPS) is 18.9. The highest BCUT2D eigenvalue weighted by atomic mass is 32.2. The van der Waals surface area contributed by atoms with Crippen LogP contribution in [0.5, 0.6) is 0 Å². The van der Waals surface area contributed by atoms with Gasteiger partial charge in [0.2, 0.25) is 0 Å². The van der Waals surface area contributed by atoms with Gasteiger partial charge in [0.1, 0.15) is 37.4 Å². The lowest BCUT2D eigenvalue weighted by molar-refractivity contribution is -0.147. The lowest BCUT2D eigenvalue weighted by atomic mass is 10.00. The van der Waals surface area contributed by atoms with Gasteiger partial charge in [0.05, 0.1) is 19.9 Å². The molecule has 33 heavy (non-hydrogen) atoms. The van der Waals surface area contributed by atoms with Gasteiger partial charge < -0.3 is 30.1 Å². The van der Waals surface area contributed by atoms with Crippen LogP contribution in [0.1, 0.15) is 11.6 Å². The third-order valence-corrected chi connectivity index (χ3v) is 5.76. The molecule has 2 heterocycles. The first-order valence-corrected chi connectivity index (χ1v) is 11.0. The van der Waals surface area contributed by atoms with Crippen LogP contribution in [-0.2, 0) is 43.7 Å². The van der Waals surface area contributed by atoms with Crippen molar-refractivity contribution in [2.45, 2.75) is 18.0 Å². The largest absolute Gasteiger partial charge is 0.508 e. The van der Waals surface area contributed by atoms with Crippen molar-refractivity contribution in [3.63, 3.8) is 0 Å². The number of methoxy groups -OCH3 is 2. The van der Waals surface area contributed by atoms with E-state index in [0.29, 0.717) is 6.21 Å². The van der Waals surface area contributed by atoms with Gasteiger partial charge in [0, 0.05) is 5.38 Å². The molecule has 3 atom stereocenters. The predicted molar refractivity (Wildman–Crippen MR) is 108 cm³/mol. The summed E-state index contributed by atoms with van der Waals surface area (Å²) in [5, 5.41) is 7.25. The van der Waals surface area contributed by atoms with Gasteiger partial charge in [0.15, 0.2) is 5.13 Å². The van der Waals surface area contributed by atoms with Gasteiger partial charge in [-0.15, -0.1) is 11.3 Å². The Balaban J connectivity index is 1.96. The van der Waals surface area contributed by atoms with Gasteiger partial charge in [0.25, 0.3) is 11.8 Å². The number of nitrogens with zero attached hydrogens (tertiary/aromatic N) is 3. The molecular weight excluding hydrogens is 490 g/mol. The van der Waals surface area contributed by atoms with E-state index in [1.165, 1.54) is 5.38 Å². The first kappa shape index (κ1) is 25.7. The summed E-state index contributed by atoms with van der Waals surface area (Å²) in [6.07, 6.45) is -0.558. The van der Waals surface area contributed by atoms with Gasteiger partial charge >= 0.3 is 22.4 Å². The Bertz CT molecular complexity index is 1040. The smallest absolute Gasteiger partial charge is 0.468 e. The molecule has 182 valence electrons. The molecule has 1 aromatic heterocycles. The Morgan fingerprint density at radius 2 is 2.09 bits per heavy atom. The SMILES string of the molecule is COC(=O)OCC1C(NC(=O)/C=N\OCC(C(=O)OC)c2csc(N)n2)C(=O)N1S(=O)(=O)O. The number of β-lactam (4-membered cyclic amide) rings is 1. The van der Waals surface area contributed by atoms with E-state index in [9.17, 15) is 27.6 Å². The van der Waals surface area contributed by atoms with E-state index in [1.807, 2.05) is 0 Å². The number of nitrogens with two attached hydrogens (primary N) is 1. The maximum atomic E-state index is 12.0. The number of nitrogen functional groups attached to an aromatic ring is 1. The fourth-order valence-corrected chi connectivity index (χ4v) is 4.09. The van der Waals surface area contributed by atoms with Crippen molar-refractivity contribution >= 4 is 56.9 Å². The van der Waals surface area contributed by atoms with Crippen LogP contribution in [0.2, 0.25) is 0 Å². The van der Waals surface area contributed by atoms with E-state index >= 15 is 0 Å². The molecule has 1 fully saturated rings. The zero-order valence-electron chi connectivity index (χ0n) is 17.1. The van der Waals surface area contributed by atoms with Crippen LogP contribution in [0.15, 0.2) is 10.5 Å². The minimum Gasteiger partial charge on any atom is -0.468 e. The van der Waals surface area contributed by atoms with Crippen LogP contribution in [0, 0.1) is 0 Å². The Morgan fingerprint density at radius 1 is 1.39 bits per heavy atom. The number of anilines is 1. The standard InChI is InChI=1S/C15H19N5O11S2/c1-28-13(23)7(8-6-32-14(16)18-8)4-31-17-3-10(21)19-11-9(5-30-15(24)29-2)20(12(11)22)33(25,26)27/h3,6-7,9,11H,4-5H2,1-2H3,(H2,16,18)(H,19,21)(H,25,26,27)/b17-3-. The maximum absolute atomic E-state index is 12.0. The van der Waals surface area contributed by atoms with E-state index in [-0.39, 0.29) is 21.7 Å². The number of carbonyl (C=O) groups excluding carboxylic acids is 4. The summed E-state index contributed by atoms with van der Waals surface area (Å²) in [6.45, 7) is -1.05. The van der Waals surface area contributed by atoms with Gasteiger partial charge in [-0.3, -0.25) is 18.9 Å². The molecule has 1 saturated heterocycles. The topological polar surface area (TPSA) is 226 Å². The Kier molecular flexibility index (Phi) is 8.49. The summed E-state index contributed by atoms with van der Waals surface area (Å²) in [5.41, 5.74) is 5.82. The Labute approximate surface area is 190 Å². The predicted octanol–water partition coefficient (Wildman–Crippen LogP) is -1.73. The van der Waals surface area contributed by atoms with Gasteiger partial charge in [-0.2, -0.15) is 8.42 Å². The van der Waals surface area contributed by atoms with E-state index in [2.05, 4.69) is 29.7 Å². The first-order valence-electron chi connectivity index (χ1n) is 8.75. The molecule has 0 aromatic carbocycles.